The molecule has 0 aliphatic rings. The zero-order chi connectivity index (χ0) is 13.1. The SMILES string of the molecule is O=C(Oc1ncncn1)c1cccc2ccccc12. The van der Waals surface area contributed by atoms with Crippen LogP contribution < -0.4 is 4.74 Å². The van der Waals surface area contributed by atoms with E-state index in [-0.39, 0.29) is 6.01 Å². The third-order valence-electron chi connectivity index (χ3n) is 2.66. The Morgan fingerprint density at radius 1 is 0.947 bits per heavy atom. The van der Waals surface area contributed by atoms with Crippen LogP contribution in [0.5, 0.6) is 6.01 Å². The van der Waals surface area contributed by atoms with Crippen molar-refractivity contribution in [2.24, 2.45) is 0 Å². The Hall–Kier alpha value is -2.82. The van der Waals surface area contributed by atoms with Crippen LogP contribution in [-0.2, 0) is 0 Å². The van der Waals surface area contributed by atoms with E-state index in [1.165, 1.54) is 12.7 Å². The van der Waals surface area contributed by atoms with Gasteiger partial charge in [0.15, 0.2) is 0 Å². The van der Waals surface area contributed by atoms with Gasteiger partial charge in [0.25, 0.3) is 0 Å². The monoisotopic (exact) mass is 251 g/mol. The number of rotatable bonds is 2. The van der Waals surface area contributed by atoms with Gasteiger partial charge in [-0.25, -0.2) is 9.78 Å². The maximum Gasteiger partial charge on any atom is 0.346 e. The first-order valence-electron chi connectivity index (χ1n) is 5.66. The molecule has 19 heavy (non-hydrogen) atoms. The number of ether oxygens (including phenoxy) is 1. The summed E-state index contributed by atoms with van der Waals surface area (Å²) < 4.78 is 5.11. The van der Waals surface area contributed by atoms with E-state index in [2.05, 4.69) is 15.0 Å². The molecule has 0 saturated heterocycles. The molecule has 0 saturated carbocycles. The number of hydrogen-bond donors (Lipinski definition) is 0. The Morgan fingerprint density at radius 2 is 1.68 bits per heavy atom. The lowest BCUT2D eigenvalue weighted by Gasteiger charge is -2.05. The van der Waals surface area contributed by atoms with Crippen LogP contribution in [0.2, 0.25) is 0 Å². The molecule has 1 aromatic heterocycles. The summed E-state index contributed by atoms with van der Waals surface area (Å²) in [7, 11) is 0. The molecule has 92 valence electrons. The zero-order valence-electron chi connectivity index (χ0n) is 9.85. The van der Waals surface area contributed by atoms with E-state index in [1.54, 1.807) is 6.07 Å². The molecule has 5 nitrogen and oxygen atoms in total. The van der Waals surface area contributed by atoms with Crippen molar-refractivity contribution in [1.82, 2.24) is 15.0 Å². The molecule has 3 aromatic rings. The number of hydrogen-bond acceptors (Lipinski definition) is 5. The minimum Gasteiger partial charge on any atom is -0.387 e. The Balaban J connectivity index is 1.98. The van der Waals surface area contributed by atoms with Gasteiger partial charge < -0.3 is 4.74 Å². The van der Waals surface area contributed by atoms with Crippen LogP contribution in [0, 0.1) is 0 Å². The van der Waals surface area contributed by atoms with Gasteiger partial charge in [-0.3, -0.25) is 0 Å². The van der Waals surface area contributed by atoms with Crippen molar-refractivity contribution in [3.05, 3.63) is 60.7 Å². The van der Waals surface area contributed by atoms with Gasteiger partial charge in [-0.2, -0.15) is 9.97 Å². The van der Waals surface area contributed by atoms with Gasteiger partial charge in [0.1, 0.15) is 12.7 Å². The molecular formula is C14H9N3O2. The summed E-state index contributed by atoms with van der Waals surface area (Å²) in [5, 5.41) is 1.82. The fourth-order valence-corrected chi connectivity index (χ4v) is 1.82. The van der Waals surface area contributed by atoms with E-state index in [4.69, 9.17) is 4.74 Å². The molecular weight excluding hydrogens is 242 g/mol. The fraction of sp³-hybridized carbons (Fsp3) is 0. The molecule has 0 fully saturated rings. The Labute approximate surface area is 108 Å². The van der Waals surface area contributed by atoms with Crippen molar-refractivity contribution in [3.8, 4) is 6.01 Å². The number of carbonyl (C=O) groups excluding carboxylic acids is 1. The molecule has 0 bridgehead atoms. The van der Waals surface area contributed by atoms with Crippen LogP contribution in [0.1, 0.15) is 10.4 Å². The van der Waals surface area contributed by atoms with Crippen molar-refractivity contribution in [3.63, 3.8) is 0 Å². The Bertz CT molecular complexity index is 724. The van der Waals surface area contributed by atoms with E-state index in [0.717, 1.165) is 10.8 Å². The quantitative estimate of drug-likeness (QED) is 0.653. The minimum absolute atomic E-state index is 0.00654. The number of nitrogens with zero attached hydrogens (tertiary/aromatic N) is 3. The van der Waals surface area contributed by atoms with Gasteiger partial charge in [0.2, 0.25) is 0 Å². The van der Waals surface area contributed by atoms with Gasteiger partial charge in [-0.15, -0.1) is 0 Å². The number of carbonyl (C=O) groups is 1. The lowest BCUT2D eigenvalue weighted by molar-refractivity contribution is 0.0721. The van der Waals surface area contributed by atoms with Crippen LogP contribution in [0.4, 0.5) is 0 Å². The molecule has 0 amide bonds. The highest BCUT2D eigenvalue weighted by atomic mass is 16.5. The van der Waals surface area contributed by atoms with E-state index >= 15 is 0 Å². The summed E-state index contributed by atoms with van der Waals surface area (Å²) in [6.07, 6.45) is 2.55. The van der Waals surface area contributed by atoms with Gasteiger partial charge >= 0.3 is 12.0 Å². The standard InChI is InChI=1S/C14H9N3O2/c18-13(19-14-16-8-15-9-17-14)12-7-3-5-10-4-1-2-6-11(10)12/h1-9H. The Kier molecular flexibility index (Phi) is 2.86. The van der Waals surface area contributed by atoms with E-state index in [1.807, 2.05) is 36.4 Å². The molecule has 0 spiro atoms. The fourth-order valence-electron chi connectivity index (χ4n) is 1.82. The molecule has 0 aliphatic carbocycles. The first kappa shape index (κ1) is 11.3. The van der Waals surface area contributed by atoms with E-state index in [0.29, 0.717) is 5.56 Å². The predicted molar refractivity (Wildman–Crippen MR) is 68.7 cm³/mol. The van der Waals surface area contributed by atoms with Crippen molar-refractivity contribution < 1.29 is 9.53 Å². The van der Waals surface area contributed by atoms with Crippen molar-refractivity contribution in [2.75, 3.05) is 0 Å². The molecule has 2 aromatic carbocycles. The lowest BCUT2D eigenvalue weighted by Crippen LogP contribution is -2.11. The molecule has 0 N–H and O–H groups in total. The summed E-state index contributed by atoms with van der Waals surface area (Å²) in [6, 6.07) is 13.1. The van der Waals surface area contributed by atoms with Gasteiger partial charge in [-0.1, -0.05) is 36.4 Å². The largest absolute Gasteiger partial charge is 0.387 e. The normalized spacial score (nSPS) is 10.3. The van der Waals surface area contributed by atoms with Crippen LogP contribution in [0.3, 0.4) is 0 Å². The number of aromatic nitrogens is 3. The van der Waals surface area contributed by atoms with Gasteiger partial charge in [0.05, 0.1) is 5.56 Å². The molecule has 0 unspecified atom stereocenters. The van der Waals surface area contributed by atoms with Crippen LogP contribution in [0.25, 0.3) is 10.8 Å². The van der Waals surface area contributed by atoms with Crippen LogP contribution in [0.15, 0.2) is 55.1 Å². The summed E-state index contributed by atoms with van der Waals surface area (Å²) in [5.41, 5.74) is 0.485. The van der Waals surface area contributed by atoms with Gasteiger partial charge in [-0.05, 0) is 16.8 Å². The van der Waals surface area contributed by atoms with Crippen molar-refractivity contribution >= 4 is 16.7 Å². The second-order valence-corrected chi connectivity index (χ2v) is 3.84. The second kappa shape index (κ2) is 4.81. The summed E-state index contributed by atoms with van der Waals surface area (Å²) >= 11 is 0. The van der Waals surface area contributed by atoms with Gasteiger partial charge in [0, 0.05) is 0 Å². The second-order valence-electron chi connectivity index (χ2n) is 3.84. The third-order valence-corrected chi connectivity index (χ3v) is 2.66. The van der Waals surface area contributed by atoms with E-state index < -0.39 is 5.97 Å². The first-order valence-corrected chi connectivity index (χ1v) is 5.66. The molecule has 0 radical (unpaired) electrons. The molecule has 5 heteroatoms. The third kappa shape index (κ3) is 2.26. The maximum atomic E-state index is 12.1. The predicted octanol–water partition coefficient (Wildman–Crippen LogP) is 2.24. The van der Waals surface area contributed by atoms with Crippen LogP contribution >= 0.6 is 0 Å². The summed E-state index contributed by atoms with van der Waals surface area (Å²) in [4.78, 5) is 23.3. The average Bonchev–Trinajstić information content (AvgIpc) is 2.47. The molecule has 3 rings (SSSR count). The average molecular weight is 251 g/mol. The minimum atomic E-state index is -0.483. The topological polar surface area (TPSA) is 65.0 Å². The lowest BCUT2D eigenvalue weighted by atomic mass is 10.1. The first-order chi connectivity index (χ1) is 9.34. The van der Waals surface area contributed by atoms with Crippen LogP contribution in [-0.4, -0.2) is 20.9 Å². The summed E-state index contributed by atoms with van der Waals surface area (Å²) in [5.74, 6) is -0.483. The highest BCUT2D eigenvalue weighted by Gasteiger charge is 2.13. The molecule has 1 heterocycles. The summed E-state index contributed by atoms with van der Waals surface area (Å²) in [6.45, 7) is 0. The maximum absolute atomic E-state index is 12.1. The highest BCUT2D eigenvalue weighted by molar-refractivity contribution is 6.05. The van der Waals surface area contributed by atoms with Crippen molar-refractivity contribution in [2.45, 2.75) is 0 Å². The molecule has 0 aliphatic heterocycles. The number of benzene rings is 2. The van der Waals surface area contributed by atoms with E-state index in [9.17, 15) is 4.79 Å². The number of esters is 1. The Morgan fingerprint density at radius 3 is 2.53 bits per heavy atom. The highest BCUT2D eigenvalue weighted by Crippen LogP contribution is 2.19. The molecule has 0 atom stereocenters. The smallest absolute Gasteiger partial charge is 0.346 e. The number of fused-ring (bicyclic) bond motifs is 1. The zero-order valence-corrected chi connectivity index (χ0v) is 9.85. The van der Waals surface area contributed by atoms with Crippen molar-refractivity contribution in [1.29, 1.82) is 0 Å².